The smallest absolute Gasteiger partial charge is 0.140 e. The summed E-state index contributed by atoms with van der Waals surface area (Å²) in [5, 5.41) is 3.47. The van der Waals surface area contributed by atoms with E-state index >= 15 is 0 Å². The molecule has 0 spiro atoms. The van der Waals surface area contributed by atoms with Crippen LogP contribution in [0.3, 0.4) is 0 Å². The van der Waals surface area contributed by atoms with Gasteiger partial charge in [0.15, 0.2) is 0 Å². The van der Waals surface area contributed by atoms with Crippen LogP contribution in [0.1, 0.15) is 11.4 Å². The number of aromatic nitrogens is 1. The maximum Gasteiger partial charge on any atom is 0.140 e. The minimum absolute atomic E-state index is 0.586. The van der Waals surface area contributed by atoms with Gasteiger partial charge in [-0.25, -0.2) is 4.98 Å². The van der Waals surface area contributed by atoms with Gasteiger partial charge < -0.3 is 4.74 Å². The van der Waals surface area contributed by atoms with Crippen molar-refractivity contribution < 1.29 is 4.74 Å². The number of rotatable bonds is 1. The zero-order valence-electron chi connectivity index (χ0n) is 6.42. The lowest BCUT2D eigenvalue weighted by Crippen LogP contribution is -2.03. The Kier molecular flexibility index (Phi) is 2.44. The van der Waals surface area contributed by atoms with Crippen molar-refractivity contribution in [2.24, 2.45) is 0 Å². The molecular formula is C8H8ClNOS. The average molecular weight is 202 g/mol. The Labute approximate surface area is 79.8 Å². The van der Waals surface area contributed by atoms with E-state index in [1.807, 2.05) is 5.38 Å². The van der Waals surface area contributed by atoms with Crippen molar-refractivity contribution in [1.82, 2.24) is 4.98 Å². The molecule has 0 aromatic carbocycles. The highest BCUT2D eigenvalue weighted by Crippen LogP contribution is 2.25. The molecule has 0 radical (unpaired) electrons. The third-order valence-corrected chi connectivity index (χ3v) is 2.96. The first-order valence-electron chi connectivity index (χ1n) is 3.74. The Morgan fingerprint density at radius 2 is 2.50 bits per heavy atom. The molecule has 1 aromatic heterocycles. The maximum absolute atomic E-state index is 5.72. The molecule has 0 saturated carbocycles. The lowest BCUT2D eigenvalue weighted by atomic mass is 10.2. The van der Waals surface area contributed by atoms with Gasteiger partial charge in [-0.1, -0.05) is 17.7 Å². The largest absolute Gasteiger partial charge is 0.377 e. The van der Waals surface area contributed by atoms with E-state index in [2.05, 4.69) is 11.1 Å². The quantitative estimate of drug-likeness (QED) is 0.697. The Morgan fingerprint density at radius 3 is 3.08 bits per heavy atom. The van der Waals surface area contributed by atoms with Crippen LogP contribution in [0, 0.1) is 0 Å². The monoisotopic (exact) mass is 201 g/mol. The van der Waals surface area contributed by atoms with E-state index < -0.39 is 0 Å². The van der Waals surface area contributed by atoms with Crippen molar-refractivity contribution in [2.45, 2.75) is 6.42 Å². The van der Waals surface area contributed by atoms with Crippen LogP contribution in [0.25, 0.3) is 5.57 Å². The molecule has 0 saturated heterocycles. The minimum atomic E-state index is 0.586. The van der Waals surface area contributed by atoms with Crippen LogP contribution in [-0.2, 0) is 4.74 Å². The summed E-state index contributed by atoms with van der Waals surface area (Å²) in [7, 11) is 0. The molecule has 0 atom stereocenters. The molecule has 12 heavy (non-hydrogen) atoms. The van der Waals surface area contributed by atoms with Gasteiger partial charge in [0.25, 0.3) is 0 Å². The van der Waals surface area contributed by atoms with Gasteiger partial charge in [-0.15, -0.1) is 11.3 Å². The highest BCUT2D eigenvalue weighted by molar-refractivity contribution is 7.11. The third-order valence-electron chi connectivity index (χ3n) is 1.71. The van der Waals surface area contributed by atoms with Crippen molar-refractivity contribution in [3.63, 3.8) is 0 Å². The molecule has 4 heteroatoms. The lowest BCUT2D eigenvalue weighted by molar-refractivity contribution is 0.161. The number of hydrogen-bond acceptors (Lipinski definition) is 3. The first-order chi connectivity index (χ1) is 5.86. The summed E-state index contributed by atoms with van der Waals surface area (Å²) in [6, 6.07) is 0. The average Bonchev–Trinajstić information content (AvgIpc) is 2.54. The highest BCUT2D eigenvalue weighted by atomic mass is 35.5. The maximum atomic E-state index is 5.72. The highest BCUT2D eigenvalue weighted by Gasteiger charge is 2.09. The van der Waals surface area contributed by atoms with E-state index in [4.69, 9.17) is 16.3 Å². The first-order valence-corrected chi connectivity index (χ1v) is 5.00. The summed E-state index contributed by atoms with van der Waals surface area (Å²) in [5.74, 6) is 0. The van der Waals surface area contributed by atoms with E-state index in [1.165, 1.54) is 5.57 Å². The summed E-state index contributed by atoms with van der Waals surface area (Å²) in [5.41, 5.74) is 1.26. The van der Waals surface area contributed by atoms with Crippen LogP contribution < -0.4 is 0 Å². The van der Waals surface area contributed by atoms with Crippen LogP contribution in [0.4, 0.5) is 0 Å². The van der Waals surface area contributed by atoms with Gasteiger partial charge in [0.1, 0.15) is 10.2 Å². The van der Waals surface area contributed by atoms with Gasteiger partial charge >= 0.3 is 0 Å². The molecule has 0 fully saturated rings. The molecule has 0 bridgehead atoms. The van der Waals surface area contributed by atoms with E-state index in [9.17, 15) is 0 Å². The minimum Gasteiger partial charge on any atom is -0.377 e. The molecule has 0 aliphatic carbocycles. The molecule has 64 valence electrons. The van der Waals surface area contributed by atoms with Crippen LogP contribution in [-0.4, -0.2) is 18.2 Å². The molecule has 2 rings (SSSR count). The van der Waals surface area contributed by atoms with Crippen LogP contribution >= 0.6 is 22.9 Å². The molecule has 2 heterocycles. The Hall–Kier alpha value is -0.380. The molecule has 2 nitrogen and oxygen atoms in total. The molecule has 1 aromatic rings. The molecule has 0 amide bonds. The van der Waals surface area contributed by atoms with E-state index in [1.54, 1.807) is 11.3 Å². The van der Waals surface area contributed by atoms with Crippen LogP contribution in [0.5, 0.6) is 0 Å². The van der Waals surface area contributed by atoms with Crippen molar-refractivity contribution in [1.29, 1.82) is 0 Å². The fraction of sp³-hybridized carbons (Fsp3) is 0.375. The van der Waals surface area contributed by atoms with Crippen molar-refractivity contribution in [3.05, 3.63) is 21.6 Å². The predicted molar refractivity (Wildman–Crippen MR) is 50.5 cm³/mol. The third kappa shape index (κ3) is 1.68. The summed E-state index contributed by atoms with van der Waals surface area (Å²) in [6.45, 7) is 1.50. The summed E-state index contributed by atoms with van der Waals surface area (Å²) >= 11 is 7.31. The van der Waals surface area contributed by atoms with Gasteiger partial charge in [-0.2, -0.15) is 0 Å². The molecule has 0 N–H and O–H groups in total. The van der Waals surface area contributed by atoms with Gasteiger partial charge in [-0.3, -0.25) is 0 Å². The fourth-order valence-electron chi connectivity index (χ4n) is 1.12. The Balaban J connectivity index is 2.23. The van der Waals surface area contributed by atoms with Crippen molar-refractivity contribution >= 4 is 28.5 Å². The zero-order valence-corrected chi connectivity index (χ0v) is 7.99. The molecule has 1 aliphatic heterocycles. The number of halogens is 1. The summed E-state index contributed by atoms with van der Waals surface area (Å²) in [4.78, 5) is 4.19. The van der Waals surface area contributed by atoms with Crippen molar-refractivity contribution in [3.8, 4) is 0 Å². The molecular weight excluding hydrogens is 194 g/mol. The van der Waals surface area contributed by atoms with Gasteiger partial charge in [-0.05, 0) is 12.0 Å². The SMILES string of the molecule is Clc1csc(C2=CCOCC2)n1. The number of ether oxygens (including phenoxy) is 1. The predicted octanol–water partition coefficient (Wildman–Crippen LogP) is 2.60. The standard InChI is InChI=1S/C8H8ClNOS/c9-7-5-12-8(10-7)6-1-3-11-4-2-6/h1,5H,2-4H2. The second-order valence-corrected chi connectivity index (χ2v) is 3.78. The number of hydrogen-bond donors (Lipinski definition) is 0. The van der Waals surface area contributed by atoms with E-state index in [0.717, 1.165) is 18.0 Å². The summed E-state index contributed by atoms with van der Waals surface area (Å²) < 4.78 is 5.20. The topological polar surface area (TPSA) is 22.1 Å². The van der Waals surface area contributed by atoms with Crippen LogP contribution in [0.15, 0.2) is 11.5 Å². The normalized spacial score (nSPS) is 17.6. The first kappa shape index (κ1) is 8.23. The number of thiazole rings is 1. The van der Waals surface area contributed by atoms with Gasteiger partial charge in [0.05, 0.1) is 13.2 Å². The zero-order chi connectivity index (χ0) is 8.39. The molecule has 1 aliphatic rings. The second-order valence-electron chi connectivity index (χ2n) is 2.53. The van der Waals surface area contributed by atoms with Gasteiger partial charge in [0.2, 0.25) is 0 Å². The Morgan fingerprint density at radius 1 is 1.58 bits per heavy atom. The van der Waals surface area contributed by atoms with E-state index in [-0.39, 0.29) is 0 Å². The van der Waals surface area contributed by atoms with Gasteiger partial charge in [0, 0.05) is 5.38 Å². The van der Waals surface area contributed by atoms with Crippen molar-refractivity contribution in [2.75, 3.05) is 13.2 Å². The van der Waals surface area contributed by atoms with E-state index in [0.29, 0.717) is 11.8 Å². The fourth-order valence-corrected chi connectivity index (χ4v) is 2.14. The molecule has 0 unspecified atom stereocenters. The summed E-state index contributed by atoms with van der Waals surface area (Å²) in [6.07, 6.45) is 3.02. The second kappa shape index (κ2) is 3.56. The number of nitrogens with zero attached hydrogens (tertiary/aromatic N) is 1. The van der Waals surface area contributed by atoms with Crippen LogP contribution in [0.2, 0.25) is 5.15 Å². The lowest BCUT2D eigenvalue weighted by Gasteiger charge is -2.10. The Bertz CT molecular complexity index is 308.